The average molecular weight is 1500 g/mol. The van der Waals surface area contributed by atoms with Crippen LogP contribution in [0.4, 0.5) is 85.2 Å². The zero-order valence-electron chi connectivity index (χ0n) is 57.5. The number of thiazole rings is 2. The van der Waals surface area contributed by atoms with Gasteiger partial charge in [-0.1, -0.05) is 34.8 Å². The topological polar surface area (TPSA) is 433 Å². The average Bonchev–Trinajstić information content (AvgIpc) is 1.72. The minimum absolute atomic E-state index is 0.00180. The van der Waals surface area contributed by atoms with Crippen molar-refractivity contribution < 1.29 is 74.3 Å². The van der Waals surface area contributed by atoms with Gasteiger partial charge < -0.3 is 74.9 Å². The van der Waals surface area contributed by atoms with Crippen molar-refractivity contribution >= 4 is 164 Å². The van der Waals surface area contributed by atoms with E-state index in [1.165, 1.54) is 64.5 Å². The van der Waals surface area contributed by atoms with Gasteiger partial charge in [-0.2, -0.15) is 41.8 Å². The van der Waals surface area contributed by atoms with Crippen molar-refractivity contribution in [2.24, 2.45) is 20.5 Å². The van der Waals surface area contributed by atoms with Crippen molar-refractivity contribution in [2.45, 2.75) is 51.3 Å². The molecule has 2 saturated heterocycles. The molecule has 8 N–H and O–H groups in total. The molecule has 0 atom stereocenters. The summed E-state index contributed by atoms with van der Waals surface area (Å²) in [5, 5.41) is 51.4. The lowest BCUT2D eigenvalue weighted by atomic mass is 10.1. The Labute approximate surface area is 601 Å². The lowest BCUT2D eigenvalue weighted by Gasteiger charge is -2.27. The molecule has 548 valence electrons. The Hall–Kier alpha value is -10.0. The van der Waals surface area contributed by atoms with Gasteiger partial charge in [0.25, 0.3) is 32.1 Å². The molecule has 7 aromatic rings. The number of aromatic nitrogens is 5. The highest BCUT2D eigenvalue weighted by Gasteiger charge is 2.28. The van der Waals surface area contributed by atoms with Crippen LogP contribution in [0, 0.1) is 0 Å². The van der Waals surface area contributed by atoms with Crippen LogP contribution in [0.2, 0.25) is 0 Å². The standard InChI is InChI=1S/C65H78N18O16S4/c1-9-79(10-2)51-35-47(49(37-53(51)96-7)75-77-64-70-57(81-21-27-98-28-22-81)55(100-64)33-45(39(5)86)59(88)66-41-15-13-17-43(31-41)102(90,91)92)68-61-72-62(74-63(73-61)83(19-25-84)20-26-85)69-48-36-52(80(11-3)12-4)54(97-8)38-50(48)76-78-65-71-58(82-23-29-99-30-24-82)56(101-65)34-46(40(6)87)60(89)67-42-16-14-18-44(32-42)103(93,94)95/h13-18,31-38,84-85H,9-12,19-30H2,1-8H3,(H,66,88)(H,67,89)(H,90,91,92)(H,93,94,95)(H2,68,69,72,73,74)/b45-33+,46-34?,77-75+,78-76+. The second kappa shape index (κ2) is 35.2. The highest BCUT2D eigenvalue weighted by atomic mass is 32.2. The number of methoxy groups -OCH3 is 2. The predicted molar refractivity (Wildman–Crippen MR) is 392 cm³/mol. The molecule has 5 heterocycles. The maximum Gasteiger partial charge on any atom is 0.294 e. The number of anilines is 11. The Morgan fingerprint density at radius 2 is 0.951 bits per heavy atom. The van der Waals surface area contributed by atoms with E-state index in [-0.39, 0.29) is 88.3 Å². The number of morpholine rings is 2. The molecule has 38 heteroatoms. The molecule has 2 aliphatic heterocycles. The fraction of sp³-hybridized carbons (Fsp3) is 0.369. The van der Waals surface area contributed by atoms with Gasteiger partial charge in [-0.3, -0.25) is 28.3 Å². The van der Waals surface area contributed by atoms with Gasteiger partial charge in [-0.25, -0.2) is 0 Å². The molecule has 0 saturated carbocycles. The number of ether oxygens (including phenoxy) is 4. The number of hydrogen-bond acceptors (Lipinski definition) is 32. The number of azo groups is 2. The molecule has 0 bridgehead atoms. The first-order chi connectivity index (χ1) is 49.4. The molecule has 4 aromatic carbocycles. The lowest BCUT2D eigenvalue weighted by molar-refractivity contribution is -0.120. The van der Waals surface area contributed by atoms with Gasteiger partial charge in [-0.15, -0.1) is 20.5 Å². The number of Topliss-reactive ketones (excluding diaryl/α,β-unsaturated/α-hetero) is 2. The first-order valence-electron chi connectivity index (χ1n) is 32.3. The number of ketones is 2. The van der Waals surface area contributed by atoms with Crippen LogP contribution in [0.5, 0.6) is 11.5 Å². The Bertz CT molecular complexity index is 4330. The van der Waals surface area contributed by atoms with Crippen LogP contribution in [-0.2, 0) is 48.9 Å². The smallest absolute Gasteiger partial charge is 0.294 e. The van der Waals surface area contributed by atoms with Gasteiger partial charge in [0.2, 0.25) is 28.1 Å². The molecule has 3 aromatic heterocycles. The molecule has 0 spiro atoms. The summed E-state index contributed by atoms with van der Waals surface area (Å²) in [6.45, 7) is 14.7. The Morgan fingerprint density at radius 3 is 1.29 bits per heavy atom. The number of amides is 2. The van der Waals surface area contributed by atoms with Crippen molar-refractivity contribution in [3.8, 4) is 11.5 Å². The minimum Gasteiger partial charge on any atom is -0.494 e. The molecule has 0 aliphatic carbocycles. The molecule has 9 rings (SSSR count). The van der Waals surface area contributed by atoms with Crippen LogP contribution in [0.3, 0.4) is 0 Å². The van der Waals surface area contributed by atoms with E-state index in [1.54, 1.807) is 29.2 Å². The Morgan fingerprint density at radius 1 is 0.563 bits per heavy atom. The highest BCUT2D eigenvalue weighted by Crippen LogP contribution is 2.45. The van der Waals surface area contributed by atoms with Crippen LogP contribution in [-0.4, -0.2) is 204 Å². The summed E-state index contributed by atoms with van der Waals surface area (Å²) < 4.78 is 90.3. The Kier molecular flexibility index (Phi) is 26.4. The van der Waals surface area contributed by atoms with Crippen LogP contribution in [0.25, 0.3) is 12.2 Å². The van der Waals surface area contributed by atoms with Crippen molar-refractivity contribution in [1.82, 2.24) is 24.9 Å². The van der Waals surface area contributed by atoms with E-state index in [4.69, 9.17) is 54.1 Å². The fourth-order valence-electron chi connectivity index (χ4n) is 10.7. The number of aliphatic hydroxyl groups excluding tert-OH is 2. The molecule has 103 heavy (non-hydrogen) atoms. The summed E-state index contributed by atoms with van der Waals surface area (Å²) in [4.78, 5) is 87.7. The van der Waals surface area contributed by atoms with Gasteiger partial charge in [-0.05, 0) is 102 Å². The van der Waals surface area contributed by atoms with E-state index in [0.29, 0.717) is 134 Å². The zero-order chi connectivity index (χ0) is 74.1. The number of nitrogens with one attached hydrogen (secondary N) is 4. The molecule has 0 radical (unpaired) electrons. The molecular formula is C65H78N18O16S4. The second-order valence-corrected chi connectivity index (χ2v) is 27.4. The molecular weight excluding hydrogens is 1420 g/mol. The molecule has 2 aliphatic rings. The third-order valence-corrected chi connectivity index (χ3v) is 19.3. The lowest BCUT2D eigenvalue weighted by Crippen LogP contribution is -2.36. The fourth-order valence-corrected chi connectivity index (χ4v) is 13.5. The minimum atomic E-state index is -4.63. The molecule has 34 nitrogen and oxygen atoms in total. The van der Waals surface area contributed by atoms with E-state index >= 15 is 0 Å². The van der Waals surface area contributed by atoms with E-state index in [1.807, 2.05) is 47.3 Å². The van der Waals surface area contributed by atoms with Crippen molar-refractivity contribution in [3.05, 3.63) is 93.7 Å². The van der Waals surface area contributed by atoms with E-state index in [2.05, 4.69) is 31.5 Å². The van der Waals surface area contributed by atoms with Crippen molar-refractivity contribution in [3.63, 3.8) is 0 Å². The quantitative estimate of drug-likeness (QED) is 0.00625. The normalized spacial score (nSPS) is 13.9. The number of hydrogen-bond donors (Lipinski definition) is 8. The summed E-state index contributed by atoms with van der Waals surface area (Å²) >= 11 is 2.04. The molecule has 0 unspecified atom stereocenters. The van der Waals surface area contributed by atoms with Crippen molar-refractivity contribution in [2.75, 3.05) is 165 Å². The van der Waals surface area contributed by atoms with Gasteiger partial charge in [0, 0.05) is 89.0 Å². The predicted octanol–water partition coefficient (Wildman–Crippen LogP) is 8.99. The van der Waals surface area contributed by atoms with E-state index in [9.17, 15) is 55.3 Å². The van der Waals surface area contributed by atoms with Crippen LogP contribution in [0.1, 0.15) is 51.3 Å². The van der Waals surface area contributed by atoms with Crippen LogP contribution < -0.4 is 55.2 Å². The number of carbonyl (C=O) groups excluding carboxylic acids is 4. The summed E-state index contributed by atoms with van der Waals surface area (Å²) in [5.74, 6) is -1.55. The third kappa shape index (κ3) is 19.8. The molecule has 2 fully saturated rings. The zero-order valence-corrected chi connectivity index (χ0v) is 60.7. The summed E-state index contributed by atoms with van der Waals surface area (Å²) in [6.07, 6.45) is 2.73. The van der Waals surface area contributed by atoms with E-state index < -0.39 is 53.4 Å². The monoisotopic (exact) mass is 1490 g/mol. The summed E-state index contributed by atoms with van der Waals surface area (Å²) in [6, 6.07) is 16.7. The summed E-state index contributed by atoms with van der Waals surface area (Å²) in [5.41, 5.74) is 1.63. The third-order valence-electron chi connectivity index (χ3n) is 15.9. The second-order valence-electron chi connectivity index (χ2n) is 22.5. The maximum absolute atomic E-state index is 13.8. The van der Waals surface area contributed by atoms with Crippen LogP contribution >= 0.6 is 22.7 Å². The SMILES string of the molecule is CCN(CC)c1cc(Nc2nc(Nc3cc(N(CC)CC)c(OC)cc3/N=N/c3nc(N4CCOCC4)c(/C=C(\C(C)=O)C(=O)Nc4cccc(S(=O)(=O)O)c4)s3)nc(N(CCO)CCO)n2)c(/N=N/c2nc(N3CCOCC3)c(C=C(C(C)=O)C(=O)Nc3cccc(S(=O)(=O)O)c3)s2)cc1OC. The number of rotatable bonds is 33. The maximum atomic E-state index is 13.8. The van der Waals surface area contributed by atoms with Gasteiger partial charge in [0.1, 0.15) is 34.5 Å². The van der Waals surface area contributed by atoms with E-state index in [0.717, 1.165) is 46.9 Å². The largest absolute Gasteiger partial charge is 0.494 e. The first-order valence-corrected chi connectivity index (χ1v) is 36.8. The van der Waals surface area contributed by atoms with Crippen molar-refractivity contribution in [1.29, 1.82) is 0 Å². The first kappa shape index (κ1) is 77.1. The number of aliphatic hydroxyl groups is 2. The van der Waals surface area contributed by atoms with Gasteiger partial charge >= 0.3 is 0 Å². The number of nitrogens with zero attached hydrogens (tertiary/aromatic N) is 14. The van der Waals surface area contributed by atoms with Gasteiger partial charge in [0.05, 0.1) is 107 Å². The molecule has 2 amide bonds. The Balaban J connectivity index is 1.13. The highest BCUT2D eigenvalue weighted by molar-refractivity contribution is 7.86. The summed E-state index contributed by atoms with van der Waals surface area (Å²) in [7, 11) is -6.23. The van der Waals surface area contributed by atoms with Gasteiger partial charge in [0.15, 0.2) is 11.6 Å². The number of carbonyl (C=O) groups is 4. The number of benzene rings is 4. The van der Waals surface area contributed by atoms with Crippen LogP contribution in [0.15, 0.2) is 114 Å².